The van der Waals surface area contributed by atoms with Crippen LogP contribution < -0.4 is 15.8 Å². The molecule has 1 atom stereocenters. The molecule has 0 saturated heterocycles. The maximum Gasteiger partial charge on any atom is 0.223 e. The highest BCUT2D eigenvalue weighted by molar-refractivity contribution is 5.76. The first-order chi connectivity index (χ1) is 9.72. The molecule has 3 N–H and O–H groups in total. The minimum absolute atomic E-state index is 0.0853. The van der Waals surface area contributed by atoms with E-state index in [0.29, 0.717) is 19.1 Å². The molecule has 0 aliphatic heterocycles. The maximum absolute atomic E-state index is 11.6. The number of hydrogen-bond donors (Lipinski definition) is 2. The molecule has 0 heterocycles. The molecule has 108 valence electrons. The van der Waals surface area contributed by atoms with Crippen molar-refractivity contribution in [2.75, 3.05) is 6.61 Å². The van der Waals surface area contributed by atoms with Crippen molar-refractivity contribution >= 4 is 5.91 Å². The number of aryl methyl sites for hydroxylation is 1. The Kier molecular flexibility index (Phi) is 3.92. The number of benzene rings is 1. The standard InChI is InChI=1S/C16H22N2O2/c17-15-3-1-2-11-4-7-13(10-14(11)15)20-9-8-16(19)18-12-5-6-12/h4,7,10,12,15H,1-3,5-6,8-9,17H2,(H,18,19). The summed E-state index contributed by atoms with van der Waals surface area (Å²) in [6.45, 7) is 0.423. The molecule has 1 unspecified atom stereocenters. The summed E-state index contributed by atoms with van der Waals surface area (Å²) in [6, 6.07) is 6.67. The quantitative estimate of drug-likeness (QED) is 0.864. The maximum atomic E-state index is 11.6. The zero-order valence-electron chi connectivity index (χ0n) is 11.7. The van der Waals surface area contributed by atoms with Gasteiger partial charge in [-0.05, 0) is 55.4 Å². The lowest BCUT2D eigenvalue weighted by atomic mass is 9.88. The van der Waals surface area contributed by atoms with Crippen LogP contribution in [0.25, 0.3) is 0 Å². The van der Waals surface area contributed by atoms with Gasteiger partial charge in [0, 0.05) is 12.1 Å². The highest BCUT2D eigenvalue weighted by Crippen LogP contribution is 2.30. The summed E-state index contributed by atoms with van der Waals surface area (Å²) in [6.07, 6.45) is 5.97. The topological polar surface area (TPSA) is 64.3 Å². The zero-order valence-corrected chi connectivity index (χ0v) is 11.7. The van der Waals surface area contributed by atoms with Crippen molar-refractivity contribution in [3.63, 3.8) is 0 Å². The normalized spacial score (nSPS) is 21.1. The van der Waals surface area contributed by atoms with E-state index < -0.39 is 0 Å². The SMILES string of the molecule is NC1CCCc2ccc(OCCC(=O)NC3CC3)cc21. The smallest absolute Gasteiger partial charge is 0.223 e. The average molecular weight is 274 g/mol. The number of hydrogen-bond acceptors (Lipinski definition) is 3. The third kappa shape index (κ3) is 3.31. The van der Waals surface area contributed by atoms with Gasteiger partial charge in [-0.3, -0.25) is 4.79 Å². The molecule has 0 spiro atoms. The van der Waals surface area contributed by atoms with Crippen LogP contribution in [0, 0.1) is 0 Å². The lowest BCUT2D eigenvalue weighted by Crippen LogP contribution is -2.26. The second-order valence-corrected chi connectivity index (χ2v) is 5.80. The number of fused-ring (bicyclic) bond motifs is 1. The van der Waals surface area contributed by atoms with E-state index in [0.717, 1.165) is 37.9 Å². The Labute approximate surface area is 119 Å². The Balaban J connectivity index is 1.52. The molecule has 1 amide bonds. The van der Waals surface area contributed by atoms with E-state index in [9.17, 15) is 4.79 Å². The third-order valence-corrected chi connectivity index (χ3v) is 4.02. The minimum atomic E-state index is 0.0853. The van der Waals surface area contributed by atoms with Crippen molar-refractivity contribution < 1.29 is 9.53 Å². The van der Waals surface area contributed by atoms with Gasteiger partial charge in [0.15, 0.2) is 0 Å². The molecule has 1 fully saturated rings. The Morgan fingerprint density at radius 1 is 1.35 bits per heavy atom. The molecule has 1 aromatic carbocycles. The van der Waals surface area contributed by atoms with Gasteiger partial charge in [0.2, 0.25) is 5.91 Å². The lowest BCUT2D eigenvalue weighted by Gasteiger charge is -2.22. The average Bonchev–Trinajstić information content (AvgIpc) is 3.23. The summed E-state index contributed by atoms with van der Waals surface area (Å²) in [5.74, 6) is 0.905. The number of nitrogens with one attached hydrogen (secondary N) is 1. The van der Waals surface area contributed by atoms with Gasteiger partial charge in [0.05, 0.1) is 13.0 Å². The van der Waals surface area contributed by atoms with E-state index in [4.69, 9.17) is 10.5 Å². The zero-order chi connectivity index (χ0) is 13.9. The predicted octanol–water partition coefficient (Wildman–Crippen LogP) is 2.07. The molecule has 1 aromatic rings. The summed E-state index contributed by atoms with van der Waals surface area (Å²) in [5, 5.41) is 2.96. The highest BCUT2D eigenvalue weighted by Gasteiger charge is 2.23. The summed E-state index contributed by atoms with van der Waals surface area (Å²) in [7, 11) is 0. The van der Waals surface area contributed by atoms with E-state index >= 15 is 0 Å². The van der Waals surface area contributed by atoms with E-state index in [1.165, 1.54) is 11.1 Å². The summed E-state index contributed by atoms with van der Waals surface area (Å²) in [4.78, 5) is 11.6. The Morgan fingerprint density at radius 2 is 2.20 bits per heavy atom. The second kappa shape index (κ2) is 5.83. The molecule has 0 bridgehead atoms. The second-order valence-electron chi connectivity index (χ2n) is 5.80. The molecule has 4 heteroatoms. The molecule has 0 aromatic heterocycles. The molecule has 1 saturated carbocycles. The summed E-state index contributed by atoms with van der Waals surface area (Å²) < 4.78 is 5.68. The van der Waals surface area contributed by atoms with Crippen molar-refractivity contribution in [3.05, 3.63) is 29.3 Å². The van der Waals surface area contributed by atoms with E-state index in [2.05, 4.69) is 11.4 Å². The van der Waals surface area contributed by atoms with Crippen LogP contribution >= 0.6 is 0 Å². The number of ether oxygens (including phenoxy) is 1. The summed E-state index contributed by atoms with van der Waals surface area (Å²) >= 11 is 0. The predicted molar refractivity (Wildman–Crippen MR) is 77.6 cm³/mol. The fraction of sp³-hybridized carbons (Fsp3) is 0.562. The summed E-state index contributed by atoms with van der Waals surface area (Å²) in [5.41, 5.74) is 8.67. The van der Waals surface area contributed by atoms with Gasteiger partial charge in [-0.15, -0.1) is 0 Å². The largest absolute Gasteiger partial charge is 0.493 e. The number of nitrogens with two attached hydrogens (primary N) is 1. The number of amides is 1. The van der Waals surface area contributed by atoms with Gasteiger partial charge in [-0.2, -0.15) is 0 Å². The van der Waals surface area contributed by atoms with Crippen LogP contribution in [0.15, 0.2) is 18.2 Å². The molecule has 2 aliphatic rings. The van der Waals surface area contributed by atoms with E-state index in [-0.39, 0.29) is 11.9 Å². The molecule has 2 aliphatic carbocycles. The molecular weight excluding hydrogens is 252 g/mol. The van der Waals surface area contributed by atoms with Gasteiger partial charge < -0.3 is 15.8 Å². The van der Waals surface area contributed by atoms with Crippen LogP contribution in [-0.4, -0.2) is 18.6 Å². The fourth-order valence-corrected chi connectivity index (χ4v) is 2.69. The van der Waals surface area contributed by atoms with E-state index in [1.54, 1.807) is 0 Å². The molecule has 3 rings (SSSR count). The first-order valence-corrected chi connectivity index (χ1v) is 7.53. The number of carbonyl (C=O) groups excluding carboxylic acids is 1. The van der Waals surface area contributed by atoms with Gasteiger partial charge in [-0.1, -0.05) is 6.07 Å². The lowest BCUT2D eigenvalue weighted by molar-refractivity contribution is -0.121. The molecule has 0 radical (unpaired) electrons. The molecule has 4 nitrogen and oxygen atoms in total. The van der Waals surface area contributed by atoms with E-state index in [1.807, 2.05) is 12.1 Å². The van der Waals surface area contributed by atoms with Gasteiger partial charge >= 0.3 is 0 Å². The van der Waals surface area contributed by atoms with Gasteiger partial charge in [0.1, 0.15) is 5.75 Å². The monoisotopic (exact) mass is 274 g/mol. The van der Waals surface area contributed by atoms with Crippen molar-refractivity contribution in [1.82, 2.24) is 5.32 Å². The molecule has 20 heavy (non-hydrogen) atoms. The molecular formula is C16H22N2O2. The van der Waals surface area contributed by atoms with Gasteiger partial charge in [-0.25, -0.2) is 0 Å². The van der Waals surface area contributed by atoms with Crippen LogP contribution in [0.1, 0.15) is 49.3 Å². The van der Waals surface area contributed by atoms with Crippen LogP contribution in [0.4, 0.5) is 0 Å². The Bertz CT molecular complexity index is 497. The number of carbonyl (C=O) groups is 1. The van der Waals surface area contributed by atoms with Crippen molar-refractivity contribution in [3.8, 4) is 5.75 Å². The van der Waals surface area contributed by atoms with Crippen molar-refractivity contribution in [2.24, 2.45) is 5.73 Å². The van der Waals surface area contributed by atoms with Crippen LogP contribution in [-0.2, 0) is 11.2 Å². The number of rotatable bonds is 5. The minimum Gasteiger partial charge on any atom is -0.493 e. The Morgan fingerprint density at radius 3 is 3.00 bits per heavy atom. The highest BCUT2D eigenvalue weighted by atomic mass is 16.5. The van der Waals surface area contributed by atoms with Gasteiger partial charge in [0.25, 0.3) is 0 Å². The first kappa shape index (κ1) is 13.4. The Hall–Kier alpha value is -1.55. The first-order valence-electron chi connectivity index (χ1n) is 7.53. The fourth-order valence-electron chi connectivity index (χ4n) is 2.69. The van der Waals surface area contributed by atoms with Crippen LogP contribution in [0.2, 0.25) is 0 Å². The van der Waals surface area contributed by atoms with Crippen molar-refractivity contribution in [1.29, 1.82) is 0 Å². The van der Waals surface area contributed by atoms with Crippen LogP contribution in [0.3, 0.4) is 0 Å². The van der Waals surface area contributed by atoms with Crippen LogP contribution in [0.5, 0.6) is 5.75 Å². The van der Waals surface area contributed by atoms with Crippen molar-refractivity contribution in [2.45, 2.75) is 50.6 Å². The third-order valence-electron chi connectivity index (χ3n) is 4.02.